The standard InChI is InChI=1S/C13H24N2O3S2/c1-3-7-14-11-12-13(6-10-19-12)20(16,17)15-8-5-9-18-4-2/h6,10,14-15H,3-5,7-9,11H2,1-2H3. The van der Waals surface area contributed by atoms with Crippen LogP contribution in [0.3, 0.4) is 0 Å². The van der Waals surface area contributed by atoms with Crippen molar-refractivity contribution >= 4 is 21.4 Å². The van der Waals surface area contributed by atoms with Crippen LogP contribution >= 0.6 is 11.3 Å². The van der Waals surface area contributed by atoms with Crippen LogP contribution in [0.2, 0.25) is 0 Å². The highest BCUT2D eigenvalue weighted by atomic mass is 32.2. The van der Waals surface area contributed by atoms with Crippen molar-refractivity contribution in [2.45, 2.75) is 38.1 Å². The van der Waals surface area contributed by atoms with E-state index in [0.29, 0.717) is 37.6 Å². The van der Waals surface area contributed by atoms with E-state index in [-0.39, 0.29) is 0 Å². The minimum atomic E-state index is -3.41. The van der Waals surface area contributed by atoms with Crippen LogP contribution in [-0.2, 0) is 21.3 Å². The highest BCUT2D eigenvalue weighted by Crippen LogP contribution is 2.21. The molecule has 0 saturated heterocycles. The Morgan fingerprint density at radius 3 is 2.80 bits per heavy atom. The topological polar surface area (TPSA) is 67.4 Å². The molecule has 0 aliphatic heterocycles. The molecule has 7 heteroatoms. The van der Waals surface area contributed by atoms with E-state index in [1.165, 1.54) is 11.3 Å². The molecule has 20 heavy (non-hydrogen) atoms. The predicted molar refractivity (Wildman–Crippen MR) is 82.6 cm³/mol. The average Bonchev–Trinajstić information content (AvgIpc) is 2.88. The molecule has 0 bridgehead atoms. The highest BCUT2D eigenvalue weighted by Gasteiger charge is 2.18. The van der Waals surface area contributed by atoms with Gasteiger partial charge in [-0.15, -0.1) is 11.3 Å². The van der Waals surface area contributed by atoms with Crippen LogP contribution in [0.5, 0.6) is 0 Å². The van der Waals surface area contributed by atoms with Crippen molar-refractivity contribution in [3.8, 4) is 0 Å². The van der Waals surface area contributed by atoms with E-state index in [1.54, 1.807) is 6.07 Å². The number of rotatable bonds is 11. The van der Waals surface area contributed by atoms with Gasteiger partial charge in [-0.3, -0.25) is 0 Å². The quantitative estimate of drug-likeness (QED) is 0.612. The normalized spacial score (nSPS) is 11.9. The molecule has 116 valence electrons. The van der Waals surface area contributed by atoms with Gasteiger partial charge in [-0.2, -0.15) is 0 Å². The van der Waals surface area contributed by atoms with Gasteiger partial charge in [-0.25, -0.2) is 13.1 Å². The Balaban J connectivity index is 2.52. The fourth-order valence-electron chi connectivity index (χ4n) is 1.68. The first-order valence-corrected chi connectivity index (χ1v) is 9.32. The van der Waals surface area contributed by atoms with E-state index in [4.69, 9.17) is 4.74 Å². The fraction of sp³-hybridized carbons (Fsp3) is 0.692. The Morgan fingerprint density at radius 1 is 1.30 bits per heavy atom. The molecule has 5 nitrogen and oxygen atoms in total. The number of hydrogen-bond donors (Lipinski definition) is 2. The van der Waals surface area contributed by atoms with Crippen LogP contribution in [0, 0.1) is 0 Å². The second kappa shape index (κ2) is 9.46. The summed E-state index contributed by atoms with van der Waals surface area (Å²) in [6, 6.07) is 1.67. The Morgan fingerprint density at radius 2 is 2.10 bits per heavy atom. The molecule has 0 aliphatic rings. The third kappa shape index (κ3) is 5.88. The maximum atomic E-state index is 12.2. The smallest absolute Gasteiger partial charge is 0.241 e. The molecule has 0 saturated carbocycles. The highest BCUT2D eigenvalue weighted by molar-refractivity contribution is 7.89. The van der Waals surface area contributed by atoms with Crippen molar-refractivity contribution < 1.29 is 13.2 Å². The number of hydrogen-bond acceptors (Lipinski definition) is 5. The molecule has 0 atom stereocenters. The summed E-state index contributed by atoms with van der Waals surface area (Å²) in [5.41, 5.74) is 0. The first kappa shape index (κ1) is 17.6. The maximum absolute atomic E-state index is 12.2. The summed E-state index contributed by atoms with van der Waals surface area (Å²) >= 11 is 1.47. The molecular weight excluding hydrogens is 296 g/mol. The second-order valence-electron chi connectivity index (χ2n) is 4.33. The van der Waals surface area contributed by atoms with Crippen molar-refractivity contribution in [2.75, 3.05) is 26.3 Å². The van der Waals surface area contributed by atoms with Gasteiger partial charge in [-0.05, 0) is 37.8 Å². The summed E-state index contributed by atoms with van der Waals surface area (Å²) in [4.78, 5) is 1.25. The van der Waals surface area contributed by atoms with E-state index in [9.17, 15) is 8.42 Å². The summed E-state index contributed by atoms with van der Waals surface area (Å²) in [6.45, 7) is 7.13. The molecule has 2 N–H and O–H groups in total. The van der Waals surface area contributed by atoms with Gasteiger partial charge < -0.3 is 10.1 Å². The zero-order valence-electron chi connectivity index (χ0n) is 12.1. The van der Waals surface area contributed by atoms with Gasteiger partial charge >= 0.3 is 0 Å². The predicted octanol–water partition coefficient (Wildman–Crippen LogP) is 1.95. The van der Waals surface area contributed by atoms with Crippen molar-refractivity contribution in [1.29, 1.82) is 0 Å². The first-order valence-electron chi connectivity index (χ1n) is 6.96. The Bertz CT molecular complexity index is 472. The van der Waals surface area contributed by atoms with Crippen molar-refractivity contribution in [3.63, 3.8) is 0 Å². The monoisotopic (exact) mass is 320 g/mol. The summed E-state index contributed by atoms with van der Waals surface area (Å²) in [7, 11) is -3.41. The van der Waals surface area contributed by atoms with Crippen LogP contribution in [-0.4, -0.2) is 34.7 Å². The zero-order chi connectivity index (χ0) is 14.8. The maximum Gasteiger partial charge on any atom is 0.241 e. The molecule has 0 aromatic carbocycles. The molecule has 0 unspecified atom stereocenters. The zero-order valence-corrected chi connectivity index (χ0v) is 13.8. The minimum Gasteiger partial charge on any atom is -0.382 e. The SMILES string of the molecule is CCCNCc1sccc1S(=O)(=O)NCCCOCC. The number of nitrogens with one attached hydrogen (secondary N) is 2. The average molecular weight is 320 g/mol. The summed E-state index contributed by atoms with van der Waals surface area (Å²) in [5.74, 6) is 0. The van der Waals surface area contributed by atoms with Gasteiger partial charge in [0.15, 0.2) is 0 Å². The van der Waals surface area contributed by atoms with Crippen LogP contribution in [0.1, 0.15) is 31.6 Å². The number of thiophene rings is 1. The second-order valence-corrected chi connectivity index (χ2v) is 7.07. The van der Waals surface area contributed by atoms with Gasteiger partial charge in [0, 0.05) is 31.2 Å². The van der Waals surface area contributed by atoms with Gasteiger partial charge in [0.2, 0.25) is 10.0 Å². The minimum absolute atomic E-state index is 0.391. The molecule has 1 heterocycles. The molecule has 1 rings (SSSR count). The lowest BCUT2D eigenvalue weighted by molar-refractivity contribution is 0.146. The lowest BCUT2D eigenvalue weighted by Crippen LogP contribution is -2.26. The molecule has 0 fully saturated rings. The molecule has 1 aromatic rings. The van der Waals surface area contributed by atoms with Gasteiger partial charge in [0.25, 0.3) is 0 Å². The molecule has 0 amide bonds. The van der Waals surface area contributed by atoms with Gasteiger partial charge in [0.05, 0.1) is 4.90 Å². The summed E-state index contributed by atoms with van der Waals surface area (Å²) in [6.07, 6.45) is 1.71. The summed E-state index contributed by atoms with van der Waals surface area (Å²) in [5, 5.41) is 5.05. The van der Waals surface area contributed by atoms with Crippen LogP contribution in [0.15, 0.2) is 16.3 Å². The molecule has 0 aliphatic carbocycles. The summed E-state index contributed by atoms with van der Waals surface area (Å²) < 4.78 is 32.2. The number of ether oxygens (including phenoxy) is 1. The van der Waals surface area contributed by atoms with Crippen LogP contribution < -0.4 is 10.0 Å². The Hall–Kier alpha value is -0.470. The van der Waals surface area contributed by atoms with E-state index in [2.05, 4.69) is 17.0 Å². The third-order valence-corrected chi connectivity index (χ3v) is 5.26. The molecule has 0 radical (unpaired) electrons. The Labute approximate surface area is 125 Å². The molecule has 1 aromatic heterocycles. The Kier molecular flexibility index (Phi) is 8.32. The van der Waals surface area contributed by atoms with Gasteiger partial charge in [-0.1, -0.05) is 6.92 Å². The van der Waals surface area contributed by atoms with E-state index in [0.717, 1.165) is 17.8 Å². The van der Waals surface area contributed by atoms with E-state index < -0.39 is 10.0 Å². The largest absolute Gasteiger partial charge is 0.382 e. The van der Waals surface area contributed by atoms with Crippen molar-refractivity contribution in [2.24, 2.45) is 0 Å². The third-order valence-electron chi connectivity index (χ3n) is 2.67. The molecule has 0 spiro atoms. The lowest BCUT2D eigenvalue weighted by Gasteiger charge is -2.08. The lowest BCUT2D eigenvalue weighted by atomic mass is 10.4. The van der Waals surface area contributed by atoms with E-state index >= 15 is 0 Å². The van der Waals surface area contributed by atoms with Crippen LogP contribution in [0.25, 0.3) is 0 Å². The van der Waals surface area contributed by atoms with E-state index in [1.807, 2.05) is 12.3 Å². The molecular formula is C13H24N2O3S2. The van der Waals surface area contributed by atoms with Gasteiger partial charge in [0.1, 0.15) is 0 Å². The van der Waals surface area contributed by atoms with Crippen molar-refractivity contribution in [3.05, 3.63) is 16.3 Å². The van der Waals surface area contributed by atoms with Crippen LogP contribution in [0.4, 0.5) is 0 Å². The fourth-order valence-corrected chi connectivity index (χ4v) is 4.16. The van der Waals surface area contributed by atoms with Crippen molar-refractivity contribution in [1.82, 2.24) is 10.0 Å². The first-order chi connectivity index (χ1) is 9.61. The number of sulfonamides is 1.